The van der Waals surface area contributed by atoms with Crippen LogP contribution in [0.2, 0.25) is 0 Å². The number of carbonyl (C=O) groups excluding carboxylic acids is 1. The monoisotopic (exact) mass is 559 g/mol. The van der Waals surface area contributed by atoms with Gasteiger partial charge in [-0.1, -0.05) is 24.3 Å². The topological polar surface area (TPSA) is 94.5 Å². The summed E-state index contributed by atoms with van der Waals surface area (Å²) in [4.78, 5) is 25.2. The molecule has 8 nitrogen and oxygen atoms in total. The number of carbonyl (C=O) groups is 2. The van der Waals surface area contributed by atoms with Crippen molar-refractivity contribution in [3.63, 3.8) is 0 Å². The molecule has 1 amide bonds. The van der Waals surface area contributed by atoms with E-state index in [0.29, 0.717) is 11.3 Å². The molecule has 0 aromatic heterocycles. The Morgan fingerprint density at radius 3 is 2.21 bits per heavy atom. The minimum absolute atomic E-state index is 0.00276. The molecular formula is C27H33F4NO7. The van der Waals surface area contributed by atoms with Crippen LogP contribution in [0.25, 0.3) is 0 Å². The Hall–Kier alpha value is -3.38. The lowest BCUT2D eigenvalue weighted by Gasteiger charge is -2.22. The van der Waals surface area contributed by atoms with Gasteiger partial charge in [-0.2, -0.15) is 13.2 Å². The number of hydrogen-bond acceptors (Lipinski definition) is 6. The summed E-state index contributed by atoms with van der Waals surface area (Å²) in [6.07, 6.45) is -6.84. The van der Waals surface area contributed by atoms with Crippen molar-refractivity contribution in [3.05, 3.63) is 65.5 Å². The largest absolute Gasteiger partial charge is 0.492 e. The molecule has 0 aliphatic rings. The van der Waals surface area contributed by atoms with Crippen LogP contribution in [0.3, 0.4) is 0 Å². The molecule has 216 valence electrons. The fourth-order valence-corrected chi connectivity index (χ4v) is 3.39. The number of carboxylic acid groups (broad SMARTS) is 1. The summed E-state index contributed by atoms with van der Waals surface area (Å²) >= 11 is 0. The van der Waals surface area contributed by atoms with Gasteiger partial charge in [0.05, 0.1) is 13.2 Å². The van der Waals surface area contributed by atoms with E-state index in [2.05, 4.69) is 0 Å². The van der Waals surface area contributed by atoms with E-state index in [1.807, 2.05) is 0 Å². The van der Waals surface area contributed by atoms with Crippen molar-refractivity contribution in [1.82, 2.24) is 4.90 Å². The zero-order valence-electron chi connectivity index (χ0n) is 21.6. The van der Waals surface area contributed by atoms with E-state index in [0.717, 1.165) is 5.56 Å². The molecule has 2 aromatic carbocycles. The first-order chi connectivity index (χ1) is 18.6. The molecule has 0 bridgehead atoms. The molecule has 0 saturated carbocycles. The second-order valence-electron chi connectivity index (χ2n) is 8.48. The number of alkyl halides is 3. The van der Waals surface area contributed by atoms with E-state index in [1.54, 1.807) is 31.2 Å². The summed E-state index contributed by atoms with van der Waals surface area (Å²) in [5, 5.41) is 9.22. The van der Waals surface area contributed by atoms with Crippen LogP contribution in [0.5, 0.6) is 5.75 Å². The number of rotatable bonds is 17. The number of amides is 1. The van der Waals surface area contributed by atoms with Crippen molar-refractivity contribution >= 4 is 12.1 Å². The van der Waals surface area contributed by atoms with Crippen LogP contribution in [-0.4, -0.2) is 73.9 Å². The maximum absolute atomic E-state index is 13.1. The van der Waals surface area contributed by atoms with Crippen LogP contribution in [0.15, 0.2) is 48.5 Å². The second-order valence-corrected chi connectivity index (χ2v) is 8.48. The summed E-state index contributed by atoms with van der Waals surface area (Å²) in [5.41, 5.74) is 1.33. The van der Waals surface area contributed by atoms with Gasteiger partial charge in [0.1, 0.15) is 24.8 Å². The van der Waals surface area contributed by atoms with Crippen LogP contribution in [-0.2, 0) is 32.0 Å². The Labute approximate surface area is 224 Å². The molecule has 1 unspecified atom stereocenters. The minimum Gasteiger partial charge on any atom is -0.492 e. The number of ether oxygens (including phenoxy) is 4. The summed E-state index contributed by atoms with van der Waals surface area (Å²) in [7, 11) is 0. The van der Waals surface area contributed by atoms with E-state index in [1.165, 1.54) is 29.2 Å². The van der Waals surface area contributed by atoms with Gasteiger partial charge in [0.2, 0.25) is 0 Å². The van der Waals surface area contributed by atoms with Crippen LogP contribution in [0.4, 0.5) is 22.4 Å². The predicted octanol–water partition coefficient (Wildman–Crippen LogP) is 5.23. The lowest BCUT2D eigenvalue weighted by molar-refractivity contribution is -0.150. The molecule has 0 saturated heterocycles. The Morgan fingerprint density at radius 2 is 1.59 bits per heavy atom. The number of nitrogens with zero attached hydrogens (tertiary/aromatic N) is 1. The Balaban J connectivity index is 1.87. The summed E-state index contributed by atoms with van der Waals surface area (Å²) in [6, 6.07) is 12.2. The van der Waals surface area contributed by atoms with Crippen molar-refractivity contribution in [2.45, 2.75) is 45.1 Å². The Bertz CT molecular complexity index is 1000. The van der Waals surface area contributed by atoms with Crippen LogP contribution < -0.4 is 4.74 Å². The number of halogens is 4. The first kappa shape index (κ1) is 31.8. The van der Waals surface area contributed by atoms with E-state index >= 15 is 0 Å². The van der Waals surface area contributed by atoms with Gasteiger partial charge in [-0.25, -0.2) is 14.0 Å². The minimum atomic E-state index is -4.25. The normalized spacial score (nSPS) is 12.1. The molecule has 0 aliphatic heterocycles. The Kier molecular flexibility index (Phi) is 13.5. The van der Waals surface area contributed by atoms with Crippen LogP contribution >= 0.6 is 0 Å². The number of carboxylic acids is 1. The average Bonchev–Trinajstić information content (AvgIpc) is 2.89. The second kappa shape index (κ2) is 16.6. The van der Waals surface area contributed by atoms with Crippen LogP contribution in [0.1, 0.15) is 30.9 Å². The quantitative estimate of drug-likeness (QED) is 0.209. The molecule has 0 spiro atoms. The number of aliphatic carboxylic acids is 1. The highest BCUT2D eigenvalue weighted by atomic mass is 19.4. The molecule has 0 aliphatic carbocycles. The standard InChI is InChI=1S/C27H33F4NO7/c1-2-37-24(25(33)34)18-20-6-10-23(11-7-20)38-17-14-32(13-16-36-15-3-12-27(29,30)31)26(35)39-19-21-4-8-22(28)9-5-21/h4-11,24H,2-3,12-19H2,1H3,(H,33,34). The van der Waals surface area contributed by atoms with Gasteiger partial charge in [0, 0.05) is 32.6 Å². The molecule has 2 rings (SSSR count). The van der Waals surface area contributed by atoms with Gasteiger partial charge >= 0.3 is 18.2 Å². The SMILES string of the molecule is CCOC(Cc1ccc(OCCN(CCOCCCC(F)(F)F)C(=O)OCc2ccc(F)cc2)cc1)C(=O)O. The molecule has 2 aromatic rings. The first-order valence-electron chi connectivity index (χ1n) is 12.4. The third-order valence-electron chi connectivity index (χ3n) is 5.41. The van der Waals surface area contributed by atoms with Crippen molar-refractivity contribution < 1.29 is 51.2 Å². The molecule has 0 radical (unpaired) electrons. The zero-order chi connectivity index (χ0) is 28.7. The fourth-order valence-electron chi connectivity index (χ4n) is 3.39. The first-order valence-corrected chi connectivity index (χ1v) is 12.4. The maximum atomic E-state index is 13.1. The van der Waals surface area contributed by atoms with Crippen molar-refractivity contribution in [1.29, 1.82) is 0 Å². The van der Waals surface area contributed by atoms with E-state index < -0.39 is 36.6 Å². The van der Waals surface area contributed by atoms with Gasteiger partial charge in [-0.3, -0.25) is 0 Å². The number of benzene rings is 2. The summed E-state index contributed by atoms with van der Waals surface area (Å²) in [5.74, 6) is -0.978. The smallest absolute Gasteiger partial charge is 0.410 e. The van der Waals surface area contributed by atoms with Gasteiger partial charge in [-0.15, -0.1) is 0 Å². The number of hydrogen-bond donors (Lipinski definition) is 1. The molecule has 1 atom stereocenters. The zero-order valence-corrected chi connectivity index (χ0v) is 21.6. The van der Waals surface area contributed by atoms with Gasteiger partial charge < -0.3 is 29.0 Å². The van der Waals surface area contributed by atoms with Crippen molar-refractivity contribution in [2.75, 3.05) is 39.5 Å². The van der Waals surface area contributed by atoms with Gasteiger partial charge in [0.25, 0.3) is 0 Å². The summed E-state index contributed by atoms with van der Waals surface area (Å²) < 4.78 is 71.4. The third-order valence-corrected chi connectivity index (χ3v) is 5.41. The third kappa shape index (κ3) is 13.3. The van der Waals surface area contributed by atoms with Gasteiger partial charge in [-0.05, 0) is 48.7 Å². The molecular weight excluding hydrogens is 526 g/mol. The lowest BCUT2D eigenvalue weighted by atomic mass is 10.1. The molecule has 12 heteroatoms. The maximum Gasteiger partial charge on any atom is 0.410 e. The molecule has 1 N–H and O–H groups in total. The van der Waals surface area contributed by atoms with E-state index in [-0.39, 0.29) is 59.0 Å². The highest BCUT2D eigenvalue weighted by Crippen LogP contribution is 2.21. The van der Waals surface area contributed by atoms with Gasteiger partial charge in [0.15, 0.2) is 6.10 Å². The average molecular weight is 560 g/mol. The van der Waals surface area contributed by atoms with E-state index in [4.69, 9.17) is 18.9 Å². The van der Waals surface area contributed by atoms with E-state index in [9.17, 15) is 32.3 Å². The molecule has 39 heavy (non-hydrogen) atoms. The molecule has 0 fully saturated rings. The molecule has 0 heterocycles. The van der Waals surface area contributed by atoms with Crippen molar-refractivity contribution in [2.24, 2.45) is 0 Å². The van der Waals surface area contributed by atoms with Crippen LogP contribution in [0, 0.1) is 5.82 Å². The fraction of sp³-hybridized carbons (Fsp3) is 0.481. The van der Waals surface area contributed by atoms with Crippen molar-refractivity contribution in [3.8, 4) is 5.75 Å². The lowest BCUT2D eigenvalue weighted by Crippen LogP contribution is -2.37. The highest BCUT2D eigenvalue weighted by molar-refractivity contribution is 5.72. The Morgan fingerprint density at radius 1 is 0.949 bits per heavy atom. The highest BCUT2D eigenvalue weighted by Gasteiger charge is 2.26. The predicted molar refractivity (Wildman–Crippen MR) is 133 cm³/mol. The summed E-state index contributed by atoms with van der Waals surface area (Å²) in [6.45, 7) is 2.04.